The maximum atomic E-state index is 12.0. The molecule has 0 aliphatic rings. The van der Waals surface area contributed by atoms with Gasteiger partial charge in [0.05, 0.1) is 5.56 Å². The van der Waals surface area contributed by atoms with Crippen LogP contribution >= 0.6 is 33.9 Å². The lowest BCUT2D eigenvalue weighted by Gasteiger charge is -2.04. The van der Waals surface area contributed by atoms with Crippen molar-refractivity contribution in [3.63, 3.8) is 0 Å². The fraction of sp³-hybridized carbons (Fsp3) is 0.0833. The number of anilines is 1. The van der Waals surface area contributed by atoms with Gasteiger partial charge in [0.1, 0.15) is 17.2 Å². The highest BCUT2D eigenvalue weighted by atomic mass is 127. The third-order valence-corrected chi connectivity index (χ3v) is 3.88. The maximum Gasteiger partial charge on any atom is 0.261 e. The minimum atomic E-state index is -0.444. The van der Waals surface area contributed by atoms with E-state index in [-0.39, 0.29) is 11.3 Å². The number of carbonyl (C=O) groups is 1. The zero-order valence-electron chi connectivity index (χ0n) is 10.3. The molecule has 0 unspecified atom stereocenters. The topological polar surface area (TPSA) is 94.8 Å². The SMILES string of the molecule is C/C(=N/O)c1csc(NC(=O)c2cc(I)ccc2O)n1. The van der Waals surface area contributed by atoms with E-state index in [9.17, 15) is 9.90 Å². The number of carbonyl (C=O) groups excluding carboxylic acids is 1. The lowest BCUT2D eigenvalue weighted by atomic mass is 10.2. The Morgan fingerprint density at radius 2 is 2.25 bits per heavy atom. The van der Waals surface area contributed by atoms with Gasteiger partial charge in [0.15, 0.2) is 5.13 Å². The van der Waals surface area contributed by atoms with E-state index < -0.39 is 5.91 Å². The lowest BCUT2D eigenvalue weighted by molar-refractivity contribution is 0.102. The molecule has 0 aliphatic carbocycles. The summed E-state index contributed by atoms with van der Waals surface area (Å²) in [6.07, 6.45) is 0. The molecule has 1 amide bonds. The second kappa shape index (κ2) is 6.18. The largest absolute Gasteiger partial charge is 0.507 e. The second-order valence-corrected chi connectivity index (χ2v) is 5.94. The molecule has 0 fully saturated rings. The number of phenols is 1. The molecule has 2 aromatic rings. The van der Waals surface area contributed by atoms with Gasteiger partial charge >= 0.3 is 0 Å². The molecule has 1 aromatic carbocycles. The predicted molar refractivity (Wildman–Crippen MR) is 84.9 cm³/mol. The van der Waals surface area contributed by atoms with E-state index >= 15 is 0 Å². The summed E-state index contributed by atoms with van der Waals surface area (Å²) in [5.74, 6) is -0.534. The normalized spacial score (nSPS) is 11.4. The third kappa shape index (κ3) is 3.25. The number of aromatic nitrogens is 1. The molecule has 1 aromatic heterocycles. The minimum Gasteiger partial charge on any atom is -0.507 e. The van der Waals surface area contributed by atoms with Crippen LogP contribution in [0.2, 0.25) is 0 Å². The Morgan fingerprint density at radius 3 is 2.95 bits per heavy atom. The zero-order chi connectivity index (χ0) is 14.7. The van der Waals surface area contributed by atoms with Crippen LogP contribution in [0.15, 0.2) is 28.7 Å². The van der Waals surface area contributed by atoms with Crippen LogP contribution in [-0.4, -0.2) is 26.9 Å². The fourth-order valence-corrected chi connectivity index (χ4v) is 2.64. The fourth-order valence-electron chi connectivity index (χ4n) is 1.40. The molecule has 0 spiro atoms. The average Bonchev–Trinajstić information content (AvgIpc) is 2.89. The minimum absolute atomic E-state index is 0.0900. The van der Waals surface area contributed by atoms with Crippen LogP contribution in [0.25, 0.3) is 0 Å². The van der Waals surface area contributed by atoms with Crippen molar-refractivity contribution < 1.29 is 15.1 Å². The van der Waals surface area contributed by atoms with Gasteiger partial charge in [-0.15, -0.1) is 11.3 Å². The van der Waals surface area contributed by atoms with Crippen molar-refractivity contribution in [2.75, 3.05) is 5.32 Å². The van der Waals surface area contributed by atoms with Crippen molar-refractivity contribution in [3.05, 3.63) is 38.4 Å². The van der Waals surface area contributed by atoms with Gasteiger partial charge in [-0.1, -0.05) is 5.16 Å². The van der Waals surface area contributed by atoms with E-state index in [1.54, 1.807) is 24.4 Å². The first kappa shape index (κ1) is 14.7. The molecule has 8 heteroatoms. The van der Waals surface area contributed by atoms with Crippen LogP contribution < -0.4 is 5.32 Å². The predicted octanol–water partition coefficient (Wildman–Crippen LogP) is 2.90. The second-order valence-electron chi connectivity index (χ2n) is 3.84. The summed E-state index contributed by atoms with van der Waals surface area (Å²) < 4.78 is 0.841. The Hall–Kier alpha value is -1.68. The van der Waals surface area contributed by atoms with Crippen LogP contribution in [0.5, 0.6) is 5.75 Å². The van der Waals surface area contributed by atoms with Crippen LogP contribution in [-0.2, 0) is 0 Å². The van der Waals surface area contributed by atoms with Gasteiger partial charge in [-0.2, -0.15) is 0 Å². The number of oxime groups is 1. The number of benzene rings is 1. The summed E-state index contributed by atoms with van der Waals surface area (Å²) in [4.78, 5) is 16.2. The molecule has 3 N–H and O–H groups in total. The van der Waals surface area contributed by atoms with E-state index in [1.807, 2.05) is 0 Å². The molecule has 104 valence electrons. The molecule has 0 saturated carbocycles. The number of hydrogen-bond donors (Lipinski definition) is 3. The first-order valence-electron chi connectivity index (χ1n) is 5.45. The number of nitrogens with zero attached hydrogens (tertiary/aromatic N) is 2. The van der Waals surface area contributed by atoms with Crippen molar-refractivity contribution in [1.29, 1.82) is 0 Å². The molecule has 2 rings (SSSR count). The van der Waals surface area contributed by atoms with Crippen LogP contribution in [0.4, 0.5) is 5.13 Å². The highest BCUT2D eigenvalue weighted by Gasteiger charge is 2.14. The van der Waals surface area contributed by atoms with Crippen molar-refractivity contribution in [2.24, 2.45) is 5.16 Å². The molecule has 0 aliphatic heterocycles. The van der Waals surface area contributed by atoms with Crippen molar-refractivity contribution >= 4 is 50.7 Å². The van der Waals surface area contributed by atoms with Gasteiger partial charge in [0.2, 0.25) is 0 Å². The van der Waals surface area contributed by atoms with E-state index in [0.29, 0.717) is 16.5 Å². The van der Waals surface area contributed by atoms with E-state index in [4.69, 9.17) is 5.21 Å². The third-order valence-electron chi connectivity index (χ3n) is 2.45. The lowest BCUT2D eigenvalue weighted by Crippen LogP contribution is -2.12. The summed E-state index contributed by atoms with van der Waals surface area (Å²) in [6, 6.07) is 4.75. The van der Waals surface area contributed by atoms with Gasteiger partial charge in [0.25, 0.3) is 5.91 Å². The smallest absolute Gasteiger partial charge is 0.261 e. The molecule has 0 saturated heterocycles. The Balaban J connectivity index is 2.19. The molecule has 20 heavy (non-hydrogen) atoms. The number of halogens is 1. The standard InChI is InChI=1S/C12H10IN3O3S/c1-6(16-19)9-5-20-12(14-9)15-11(18)8-4-7(13)2-3-10(8)17/h2-5,17,19H,1H3,(H,14,15,18)/b16-6-. The summed E-state index contributed by atoms with van der Waals surface area (Å²) in [7, 11) is 0. The number of rotatable bonds is 3. The zero-order valence-corrected chi connectivity index (χ0v) is 13.3. The van der Waals surface area contributed by atoms with Crippen molar-refractivity contribution in [2.45, 2.75) is 6.92 Å². The molecule has 6 nitrogen and oxygen atoms in total. The molecule has 0 radical (unpaired) electrons. The Morgan fingerprint density at radius 1 is 1.50 bits per heavy atom. The first-order valence-corrected chi connectivity index (χ1v) is 7.41. The molecule has 0 bridgehead atoms. The van der Waals surface area contributed by atoms with Crippen LogP contribution in [0.1, 0.15) is 23.0 Å². The molecular formula is C12H10IN3O3S. The number of hydrogen-bond acceptors (Lipinski definition) is 6. The number of aromatic hydroxyl groups is 1. The van der Waals surface area contributed by atoms with Crippen LogP contribution in [0.3, 0.4) is 0 Å². The summed E-state index contributed by atoms with van der Waals surface area (Å²) in [5, 5.41) is 26.0. The monoisotopic (exact) mass is 403 g/mol. The van der Waals surface area contributed by atoms with Gasteiger partial charge < -0.3 is 10.3 Å². The summed E-state index contributed by atoms with van der Waals surface area (Å²) in [6.45, 7) is 1.60. The molecular weight excluding hydrogens is 393 g/mol. The number of nitrogens with one attached hydrogen (secondary N) is 1. The van der Waals surface area contributed by atoms with Crippen molar-refractivity contribution in [1.82, 2.24) is 4.98 Å². The molecule has 0 atom stereocenters. The Bertz CT molecular complexity index is 684. The highest BCUT2D eigenvalue weighted by Crippen LogP contribution is 2.22. The van der Waals surface area contributed by atoms with Gasteiger partial charge in [-0.3, -0.25) is 10.1 Å². The quantitative estimate of drug-likeness (QED) is 0.318. The highest BCUT2D eigenvalue weighted by molar-refractivity contribution is 14.1. The van der Waals surface area contributed by atoms with E-state index in [0.717, 1.165) is 3.57 Å². The summed E-state index contributed by atoms with van der Waals surface area (Å²) >= 11 is 3.26. The van der Waals surface area contributed by atoms with Gasteiger partial charge in [-0.25, -0.2) is 4.98 Å². The first-order chi connectivity index (χ1) is 9.51. The van der Waals surface area contributed by atoms with Crippen molar-refractivity contribution in [3.8, 4) is 5.75 Å². The average molecular weight is 403 g/mol. The van der Waals surface area contributed by atoms with Crippen LogP contribution in [0, 0.1) is 3.57 Å². The Labute approximate surface area is 132 Å². The number of amides is 1. The van der Waals surface area contributed by atoms with Gasteiger partial charge in [-0.05, 0) is 47.7 Å². The molecule has 1 heterocycles. The summed E-state index contributed by atoms with van der Waals surface area (Å²) in [5.41, 5.74) is 1.03. The van der Waals surface area contributed by atoms with Gasteiger partial charge in [0, 0.05) is 8.95 Å². The maximum absolute atomic E-state index is 12.0. The van der Waals surface area contributed by atoms with E-state index in [1.165, 1.54) is 17.4 Å². The number of thiazole rings is 1. The number of phenolic OH excluding ortho intramolecular Hbond substituents is 1. The Kier molecular flexibility index (Phi) is 4.55. The van der Waals surface area contributed by atoms with E-state index in [2.05, 4.69) is 38.0 Å².